The van der Waals surface area contributed by atoms with Gasteiger partial charge in [0.05, 0.1) is 8.07 Å². The van der Waals surface area contributed by atoms with E-state index in [4.69, 9.17) is 4.74 Å². The van der Waals surface area contributed by atoms with Crippen molar-refractivity contribution >= 4 is 8.07 Å². The molecule has 0 saturated carbocycles. The van der Waals surface area contributed by atoms with Gasteiger partial charge in [-0.15, -0.1) is 0 Å². The number of hydrogen-bond acceptors (Lipinski definition) is 1. The van der Waals surface area contributed by atoms with Gasteiger partial charge in [0.15, 0.2) is 0 Å². The summed E-state index contributed by atoms with van der Waals surface area (Å²) in [6, 6.07) is 6.58. The third kappa shape index (κ3) is 3.97. The quantitative estimate of drug-likeness (QED) is 0.475. The second-order valence-electron chi connectivity index (χ2n) is 10.4. The summed E-state index contributed by atoms with van der Waals surface area (Å²) in [6.45, 7) is 28.0. The van der Waals surface area contributed by atoms with E-state index in [-0.39, 0.29) is 11.3 Å². The summed E-state index contributed by atoms with van der Waals surface area (Å²) in [5.74, 6) is 2.33. The van der Waals surface area contributed by atoms with E-state index in [0.717, 1.165) is 17.1 Å². The first-order valence-corrected chi connectivity index (χ1v) is 12.8. The molecule has 1 aromatic rings. The van der Waals surface area contributed by atoms with Gasteiger partial charge in [0, 0.05) is 11.5 Å². The van der Waals surface area contributed by atoms with E-state index in [1.54, 1.807) is 0 Å². The zero-order valence-corrected chi connectivity index (χ0v) is 20.2. The summed E-state index contributed by atoms with van der Waals surface area (Å²) in [4.78, 5) is 0. The average Bonchev–Trinajstić information content (AvgIpc) is 2.50. The van der Waals surface area contributed by atoms with Gasteiger partial charge in [-0.1, -0.05) is 92.3 Å². The van der Waals surface area contributed by atoms with E-state index in [1.165, 1.54) is 11.1 Å². The molecule has 0 aromatic heterocycles. The molecule has 0 N–H and O–H groups in total. The van der Waals surface area contributed by atoms with Crippen molar-refractivity contribution in [2.24, 2.45) is 5.41 Å². The fourth-order valence-electron chi connectivity index (χ4n) is 5.34. The van der Waals surface area contributed by atoms with Crippen molar-refractivity contribution in [2.75, 3.05) is 0 Å². The highest BCUT2D eigenvalue weighted by molar-refractivity contribution is 6.88. The van der Waals surface area contributed by atoms with E-state index in [0.29, 0.717) is 16.6 Å². The van der Waals surface area contributed by atoms with Crippen LogP contribution in [-0.4, -0.2) is 8.07 Å². The normalized spacial score (nSPS) is 19.8. The maximum Gasteiger partial charge on any atom is 0.131 e. The molecule has 1 atom stereocenters. The molecule has 1 unspecified atom stereocenters. The van der Waals surface area contributed by atoms with Crippen molar-refractivity contribution < 1.29 is 4.74 Å². The lowest BCUT2D eigenvalue weighted by Crippen LogP contribution is -2.44. The van der Waals surface area contributed by atoms with Crippen molar-refractivity contribution in [3.05, 3.63) is 52.9 Å². The number of fused-ring (bicyclic) bond motifs is 1. The van der Waals surface area contributed by atoms with Crippen molar-refractivity contribution in [3.63, 3.8) is 0 Å². The van der Waals surface area contributed by atoms with Gasteiger partial charge >= 0.3 is 0 Å². The Morgan fingerprint density at radius 1 is 1.00 bits per heavy atom. The topological polar surface area (TPSA) is 9.23 Å². The Hall–Kier alpha value is -1.28. The van der Waals surface area contributed by atoms with Crippen LogP contribution in [0.2, 0.25) is 16.6 Å². The van der Waals surface area contributed by atoms with Crippen molar-refractivity contribution in [1.82, 2.24) is 0 Å². The summed E-state index contributed by atoms with van der Waals surface area (Å²) in [6.07, 6.45) is 0. The molecule has 0 aliphatic carbocycles. The fraction of sp³-hybridized carbons (Fsp3) is 0.600. The number of ether oxygens (including phenoxy) is 1. The third-order valence-corrected chi connectivity index (χ3v) is 13.4. The zero-order chi connectivity index (χ0) is 20.7. The van der Waals surface area contributed by atoms with Crippen LogP contribution in [0.25, 0.3) is 0 Å². The van der Waals surface area contributed by atoms with Crippen LogP contribution in [0.15, 0.2) is 41.8 Å². The molecule has 0 fully saturated rings. The number of hydrogen-bond donors (Lipinski definition) is 0. The Bertz CT molecular complexity index is 709. The van der Waals surface area contributed by atoms with Crippen LogP contribution in [0.1, 0.15) is 79.4 Å². The molecule has 1 heterocycles. The number of aryl methyl sites for hydroxylation is 1. The molecule has 1 aliphatic rings. The third-order valence-electron chi connectivity index (χ3n) is 6.61. The van der Waals surface area contributed by atoms with Crippen LogP contribution in [0.4, 0.5) is 0 Å². The number of rotatable bonds is 4. The Kier molecular flexibility index (Phi) is 6.21. The average molecular weight is 385 g/mol. The molecular formula is C25H40OSi. The standard InChI is InChI=1S/C25H40OSi/c1-16(2)27(17(3)4,18(5)6)15-23-20(8)24(25(9,10)11)21-14-19(7)12-13-22(21)26-23/h12-18,24H,8H2,1-7,9-11H3/b23-15-. The minimum atomic E-state index is -1.73. The largest absolute Gasteiger partial charge is 0.458 e. The molecule has 2 heteroatoms. The first kappa shape index (κ1) is 22.0. The lowest BCUT2D eigenvalue weighted by atomic mass is 9.71. The molecule has 0 amide bonds. The van der Waals surface area contributed by atoms with E-state index in [1.807, 2.05) is 0 Å². The van der Waals surface area contributed by atoms with Crippen LogP contribution >= 0.6 is 0 Å². The molecule has 0 saturated heterocycles. The predicted molar refractivity (Wildman–Crippen MR) is 122 cm³/mol. The van der Waals surface area contributed by atoms with Gasteiger partial charge < -0.3 is 4.74 Å². The van der Waals surface area contributed by atoms with Crippen LogP contribution in [0, 0.1) is 12.3 Å². The summed E-state index contributed by atoms with van der Waals surface area (Å²) < 4.78 is 6.53. The summed E-state index contributed by atoms with van der Waals surface area (Å²) in [7, 11) is -1.73. The van der Waals surface area contributed by atoms with Crippen LogP contribution in [0.3, 0.4) is 0 Å². The van der Waals surface area contributed by atoms with Crippen LogP contribution in [0.5, 0.6) is 5.75 Å². The highest BCUT2D eigenvalue weighted by Gasteiger charge is 2.44. The van der Waals surface area contributed by atoms with Gasteiger partial charge in [0.2, 0.25) is 0 Å². The molecule has 1 nitrogen and oxygen atoms in total. The van der Waals surface area contributed by atoms with Gasteiger partial charge in [0.25, 0.3) is 0 Å². The lowest BCUT2D eigenvalue weighted by Gasteiger charge is -2.43. The smallest absolute Gasteiger partial charge is 0.131 e. The van der Waals surface area contributed by atoms with Gasteiger partial charge in [-0.25, -0.2) is 0 Å². The highest BCUT2D eigenvalue weighted by Crippen LogP contribution is 2.52. The van der Waals surface area contributed by atoms with Crippen molar-refractivity contribution in [3.8, 4) is 5.75 Å². The molecule has 150 valence electrons. The lowest BCUT2D eigenvalue weighted by molar-refractivity contribution is 0.305. The minimum absolute atomic E-state index is 0.0974. The SMILES string of the molecule is C=C1/C(=C/[Si](C(C)C)(C(C)C)C(C)C)Oc2ccc(C)cc2C1C(C)(C)C. The molecule has 1 aliphatic heterocycles. The summed E-state index contributed by atoms with van der Waals surface area (Å²) in [5.41, 5.74) is 8.35. The minimum Gasteiger partial charge on any atom is -0.458 e. The van der Waals surface area contributed by atoms with Crippen LogP contribution in [-0.2, 0) is 0 Å². The summed E-state index contributed by atoms with van der Waals surface area (Å²) >= 11 is 0. The van der Waals surface area contributed by atoms with Gasteiger partial charge in [-0.05, 0) is 40.6 Å². The molecule has 0 spiro atoms. The molecule has 0 radical (unpaired) electrons. The van der Waals surface area contributed by atoms with E-state index >= 15 is 0 Å². The van der Waals surface area contributed by atoms with Gasteiger partial charge in [-0.3, -0.25) is 0 Å². The first-order chi connectivity index (χ1) is 12.3. The van der Waals surface area contributed by atoms with E-state index in [2.05, 4.69) is 99.7 Å². The second kappa shape index (κ2) is 7.62. The van der Waals surface area contributed by atoms with Crippen molar-refractivity contribution in [1.29, 1.82) is 0 Å². The second-order valence-corrected chi connectivity index (χ2v) is 16.2. The van der Waals surface area contributed by atoms with Crippen LogP contribution < -0.4 is 4.74 Å². The molecule has 1 aromatic carbocycles. The Morgan fingerprint density at radius 3 is 1.96 bits per heavy atom. The first-order valence-electron chi connectivity index (χ1n) is 10.5. The molecular weight excluding hydrogens is 344 g/mol. The van der Waals surface area contributed by atoms with Gasteiger partial charge in [0.1, 0.15) is 11.5 Å². The maximum atomic E-state index is 6.53. The Labute approximate surface area is 168 Å². The highest BCUT2D eigenvalue weighted by atomic mass is 28.3. The molecule has 27 heavy (non-hydrogen) atoms. The summed E-state index contributed by atoms with van der Waals surface area (Å²) in [5, 5.41) is 0. The molecule has 0 bridgehead atoms. The Morgan fingerprint density at radius 2 is 1.52 bits per heavy atom. The number of benzene rings is 1. The Balaban J connectivity index is 2.70. The van der Waals surface area contributed by atoms with Gasteiger partial charge in [-0.2, -0.15) is 0 Å². The maximum absolute atomic E-state index is 6.53. The van der Waals surface area contributed by atoms with E-state index < -0.39 is 8.07 Å². The zero-order valence-electron chi connectivity index (χ0n) is 19.2. The van der Waals surface area contributed by atoms with Crippen molar-refractivity contribution in [2.45, 2.75) is 91.8 Å². The predicted octanol–water partition coefficient (Wildman–Crippen LogP) is 8.18. The van der Waals surface area contributed by atoms with E-state index in [9.17, 15) is 0 Å². The fourth-order valence-corrected chi connectivity index (χ4v) is 11.0. The molecule has 2 rings (SSSR count). The number of allylic oxidation sites excluding steroid dienone is 1. The monoisotopic (exact) mass is 384 g/mol.